The second-order valence-corrected chi connectivity index (χ2v) is 6.19. The number of urea groups is 1. The fourth-order valence-electron chi connectivity index (χ4n) is 3.10. The summed E-state index contributed by atoms with van der Waals surface area (Å²) in [6.07, 6.45) is 0. The third kappa shape index (κ3) is 4.67. The monoisotopic (exact) mass is 400 g/mol. The molecule has 0 radical (unpaired) electrons. The molecular weight excluding hydrogens is 379 g/mol. The Kier molecular flexibility index (Phi) is 6.98. The molecular formula is C17H22ClFN4O4. The van der Waals surface area contributed by atoms with E-state index in [9.17, 15) is 18.8 Å². The fourth-order valence-corrected chi connectivity index (χ4v) is 3.10. The third-order valence-corrected chi connectivity index (χ3v) is 4.56. The normalized spacial score (nSPS) is 19.6. The van der Waals surface area contributed by atoms with Crippen LogP contribution in [0.15, 0.2) is 24.3 Å². The van der Waals surface area contributed by atoms with E-state index >= 15 is 0 Å². The van der Waals surface area contributed by atoms with Gasteiger partial charge in [-0.2, -0.15) is 0 Å². The van der Waals surface area contributed by atoms with Crippen molar-refractivity contribution in [1.82, 2.24) is 20.0 Å². The van der Waals surface area contributed by atoms with Crippen molar-refractivity contribution in [3.63, 3.8) is 0 Å². The van der Waals surface area contributed by atoms with Crippen molar-refractivity contribution >= 4 is 30.3 Å². The molecule has 0 aliphatic carbocycles. The van der Waals surface area contributed by atoms with Gasteiger partial charge < -0.3 is 15.0 Å². The molecule has 8 nitrogen and oxygen atoms in total. The average molecular weight is 401 g/mol. The van der Waals surface area contributed by atoms with Crippen LogP contribution in [0.5, 0.6) is 5.75 Å². The first-order valence-electron chi connectivity index (χ1n) is 8.43. The van der Waals surface area contributed by atoms with Crippen LogP contribution in [-0.2, 0) is 9.59 Å². The molecule has 2 saturated heterocycles. The summed E-state index contributed by atoms with van der Waals surface area (Å²) in [5.41, 5.74) is 0. The molecule has 2 fully saturated rings. The number of halogens is 2. The van der Waals surface area contributed by atoms with Crippen LogP contribution in [0, 0.1) is 5.82 Å². The molecule has 1 aromatic rings. The Balaban J connectivity index is 0.00000261. The molecule has 148 valence electrons. The van der Waals surface area contributed by atoms with Crippen molar-refractivity contribution in [2.24, 2.45) is 0 Å². The van der Waals surface area contributed by atoms with Gasteiger partial charge in [-0.3, -0.25) is 19.4 Å². The Labute approximate surface area is 162 Å². The first-order chi connectivity index (χ1) is 12.5. The predicted molar refractivity (Wildman–Crippen MR) is 97.3 cm³/mol. The number of piperazine rings is 1. The molecule has 2 heterocycles. The lowest BCUT2D eigenvalue weighted by Crippen LogP contribution is -2.53. The van der Waals surface area contributed by atoms with Gasteiger partial charge in [0.15, 0.2) is 0 Å². The molecule has 3 rings (SSSR count). The van der Waals surface area contributed by atoms with Gasteiger partial charge >= 0.3 is 6.03 Å². The number of benzene rings is 1. The first-order valence-corrected chi connectivity index (χ1v) is 8.43. The summed E-state index contributed by atoms with van der Waals surface area (Å²) in [4.78, 5) is 40.8. The number of carbonyl (C=O) groups is 3. The lowest BCUT2D eigenvalue weighted by Gasteiger charge is -2.35. The average Bonchev–Trinajstić information content (AvgIpc) is 2.88. The molecule has 0 bridgehead atoms. The van der Waals surface area contributed by atoms with Gasteiger partial charge in [0.1, 0.15) is 30.8 Å². The number of rotatable bonds is 6. The lowest BCUT2D eigenvalue weighted by atomic mass is 10.2. The zero-order chi connectivity index (χ0) is 18.7. The number of hydrogen-bond acceptors (Lipinski definition) is 5. The highest BCUT2D eigenvalue weighted by molar-refractivity contribution is 6.06. The van der Waals surface area contributed by atoms with Gasteiger partial charge in [0.25, 0.3) is 5.91 Å². The highest BCUT2D eigenvalue weighted by Gasteiger charge is 2.47. The smallest absolute Gasteiger partial charge is 0.328 e. The zero-order valence-electron chi connectivity index (χ0n) is 14.9. The largest absolute Gasteiger partial charge is 0.492 e. The second-order valence-electron chi connectivity index (χ2n) is 6.19. The maximum absolute atomic E-state index is 12.9. The van der Waals surface area contributed by atoms with Crippen LogP contribution in [0.3, 0.4) is 0 Å². The van der Waals surface area contributed by atoms with Gasteiger partial charge in [-0.25, -0.2) is 9.18 Å². The van der Waals surface area contributed by atoms with Gasteiger partial charge in [0, 0.05) is 33.2 Å². The van der Waals surface area contributed by atoms with Crippen molar-refractivity contribution < 1.29 is 23.5 Å². The molecule has 27 heavy (non-hydrogen) atoms. The first kappa shape index (κ1) is 20.9. The Morgan fingerprint density at radius 2 is 1.96 bits per heavy atom. The summed E-state index contributed by atoms with van der Waals surface area (Å²) >= 11 is 0. The van der Waals surface area contributed by atoms with Gasteiger partial charge in [-0.15, -0.1) is 12.4 Å². The third-order valence-electron chi connectivity index (χ3n) is 4.56. The van der Waals surface area contributed by atoms with Gasteiger partial charge in [0.05, 0.1) is 0 Å². The van der Waals surface area contributed by atoms with Crippen molar-refractivity contribution in [3.05, 3.63) is 30.1 Å². The second kappa shape index (κ2) is 9.01. The quantitative estimate of drug-likeness (QED) is 0.695. The summed E-state index contributed by atoms with van der Waals surface area (Å²) < 4.78 is 18.4. The fraction of sp³-hybridized carbons (Fsp3) is 0.471. The van der Waals surface area contributed by atoms with Crippen LogP contribution in [0.25, 0.3) is 0 Å². The number of hydrogen-bond donors (Lipinski definition) is 1. The van der Waals surface area contributed by atoms with Crippen LogP contribution in [0.1, 0.15) is 0 Å². The van der Waals surface area contributed by atoms with Gasteiger partial charge in [-0.1, -0.05) is 0 Å². The number of nitrogens with zero attached hydrogens (tertiary/aromatic N) is 3. The number of nitrogens with one attached hydrogen (secondary N) is 1. The Bertz CT molecular complexity index is 703. The number of imide groups is 1. The van der Waals surface area contributed by atoms with Gasteiger partial charge in [-0.05, 0) is 24.3 Å². The molecule has 2 aliphatic heterocycles. The number of amides is 4. The highest BCUT2D eigenvalue weighted by atomic mass is 35.5. The van der Waals surface area contributed by atoms with E-state index in [1.54, 1.807) is 12.1 Å². The van der Waals surface area contributed by atoms with Crippen LogP contribution < -0.4 is 10.1 Å². The minimum absolute atomic E-state index is 0. The molecule has 0 saturated carbocycles. The van der Waals surface area contributed by atoms with E-state index in [-0.39, 0.29) is 36.6 Å². The molecule has 1 N–H and O–H groups in total. The standard InChI is InChI=1S/C17H21FN4O4.ClH/c1-19-15(23)11-22-16(24)14-10-20(6-7-21(14)17(22)25)8-9-26-13-4-2-12(18)3-5-13;/h2-5,14H,6-11H2,1H3,(H,19,23);1H. The molecule has 0 aromatic heterocycles. The Morgan fingerprint density at radius 3 is 2.63 bits per heavy atom. The van der Waals surface area contributed by atoms with Crippen LogP contribution in [-0.4, -0.2) is 85.0 Å². The van der Waals surface area contributed by atoms with E-state index in [1.807, 2.05) is 4.90 Å². The minimum Gasteiger partial charge on any atom is -0.492 e. The summed E-state index contributed by atoms with van der Waals surface area (Å²) in [6.45, 7) is 2.17. The van der Waals surface area contributed by atoms with E-state index in [2.05, 4.69) is 5.32 Å². The summed E-state index contributed by atoms with van der Waals surface area (Å²) in [6, 6.07) is 4.81. The van der Waals surface area contributed by atoms with E-state index in [0.29, 0.717) is 38.5 Å². The van der Waals surface area contributed by atoms with E-state index < -0.39 is 12.1 Å². The summed E-state index contributed by atoms with van der Waals surface area (Å²) in [5.74, 6) is -0.466. The summed E-state index contributed by atoms with van der Waals surface area (Å²) in [7, 11) is 1.46. The number of likely N-dealkylation sites (N-methyl/N-ethyl adjacent to an activating group) is 1. The van der Waals surface area contributed by atoms with E-state index in [4.69, 9.17) is 4.74 Å². The molecule has 1 unspecified atom stereocenters. The maximum atomic E-state index is 12.9. The zero-order valence-corrected chi connectivity index (χ0v) is 15.7. The maximum Gasteiger partial charge on any atom is 0.328 e. The van der Waals surface area contributed by atoms with Crippen LogP contribution in [0.2, 0.25) is 0 Å². The molecule has 10 heteroatoms. The summed E-state index contributed by atoms with van der Waals surface area (Å²) in [5, 5.41) is 2.42. The number of carbonyl (C=O) groups excluding carboxylic acids is 3. The SMILES string of the molecule is CNC(=O)CN1C(=O)C2CN(CCOc3ccc(F)cc3)CCN2C1=O.Cl. The van der Waals surface area contributed by atoms with E-state index in [0.717, 1.165) is 4.90 Å². The molecule has 1 atom stereocenters. The lowest BCUT2D eigenvalue weighted by molar-refractivity contribution is -0.133. The van der Waals surface area contributed by atoms with Crippen molar-refractivity contribution in [2.75, 3.05) is 46.4 Å². The van der Waals surface area contributed by atoms with Crippen LogP contribution in [0.4, 0.5) is 9.18 Å². The molecule has 2 aliphatic rings. The minimum atomic E-state index is -0.563. The Morgan fingerprint density at radius 1 is 1.26 bits per heavy atom. The topological polar surface area (TPSA) is 82.2 Å². The van der Waals surface area contributed by atoms with Crippen molar-refractivity contribution in [1.29, 1.82) is 0 Å². The predicted octanol–water partition coefficient (Wildman–Crippen LogP) is 0.321. The molecule has 4 amide bonds. The van der Waals surface area contributed by atoms with E-state index in [1.165, 1.54) is 24.1 Å². The molecule has 0 spiro atoms. The number of fused-ring (bicyclic) bond motifs is 1. The van der Waals surface area contributed by atoms with Crippen molar-refractivity contribution in [3.8, 4) is 5.75 Å². The number of ether oxygens (including phenoxy) is 1. The molecule has 1 aromatic carbocycles. The van der Waals surface area contributed by atoms with Crippen molar-refractivity contribution in [2.45, 2.75) is 6.04 Å². The highest BCUT2D eigenvalue weighted by Crippen LogP contribution is 2.22. The Hall–Kier alpha value is -2.39. The van der Waals surface area contributed by atoms with Gasteiger partial charge in [0.2, 0.25) is 5.91 Å². The van der Waals surface area contributed by atoms with Crippen LogP contribution >= 0.6 is 12.4 Å².